The zero-order valence-corrected chi connectivity index (χ0v) is 7.46. The predicted molar refractivity (Wildman–Crippen MR) is 47.6 cm³/mol. The molecule has 0 aliphatic carbocycles. The number of rotatable bonds is 4. The van der Waals surface area contributed by atoms with Crippen LogP contribution in [0, 0.1) is 12.2 Å². The second-order valence-corrected chi connectivity index (χ2v) is 2.54. The molecular weight excluding hydrogens is 171 g/mol. The highest BCUT2D eigenvalue weighted by Crippen LogP contribution is 2.15. The van der Waals surface area contributed by atoms with Crippen LogP contribution in [0.5, 0.6) is 5.88 Å². The first-order valence-electron chi connectivity index (χ1n) is 4.03. The van der Waals surface area contributed by atoms with E-state index in [0.29, 0.717) is 18.1 Å². The number of nitrogens with zero attached hydrogens (tertiary/aromatic N) is 1. The Hall–Kier alpha value is -1.16. The third-order valence-electron chi connectivity index (χ3n) is 1.50. The summed E-state index contributed by atoms with van der Waals surface area (Å²) in [4.78, 5) is 3.79. The topological polar surface area (TPSA) is 48.1 Å². The minimum absolute atomic E-state index is 0.226. The van der Waals surface area contributed by atoms with Gasteiger partial charge in [-0.25, -0.2) is 9.37 Å². The molecule has 0 unspecified atom stereocenters. The summed E-state index contributed by atoms with van der Waals surface area (Å²) in [5.74, 6) is 0.00952. The van der Waals surface area contributed by atoms with Crippen LogP contribution in [-0.4, -0.2) is 11.6 Å². The third kappa shape index (κ3) is 2.66. The first-order valence-corrected chi connectivity index (χ1v) is 4.03. The predicted octanol–water partition coefficient (Wildman–Crippen LogP) is 1.28. The second-order valence-electron chi connectivity index (χ2n) is 2.54. The van der Waals surface area contributed by atoms with Gasteiger partial charge in [-0.05, 0) is 12.5 Å². The van der Waals surface area contributed by atoms with Gasteiger partial charge in [0.25, 0.3) is 0 Å². The quantitative estimate of drug-likeness (QED) is 0.765. The number of hydrogen-bond donors (Lipinski definition) is 1. The Labute approximate surface area is 76.7 Å². The number of nitrogens with two attached hydrogens (primary N) is 1. The van der Waals surface area contributed by atoms with E-state index in [2.05, 4.69) is 4.98 Å². The van der Waals surface area contributed by atoms with Gasteiger partial charge in [-0.3, -0.25) is 0 Å². The summed E-state index contributed by atoms with van der Waals surface area (Å²) in [5, 5.41) is 0. The number of pyridine rings is 1. The molecule has 0 fully saturated rings. The summed E-state index contributed by atoms with van der Waals surface area (Å²) in [6.07, 6.45) is 2.95. The molecule has 0 spiro atoms. The van der Waals surface area contributed by atoms with E-state index >= 15 is 0 Å². The van der Waals surface area contributed by atoms with E-state index in [0.717, 1.165) is 6.20 Å². The first-order chi connectivity index (χ1) is 6.27. The molecular formula is C9H12FN2O. The van der Waals surface area contributed by atoms with Crippen LogP contribution >= 0.6 is 0 Å². The van der Waals surface area contributed by atoms with E-state index in [9.17, 15) is 4.39 Å². The lowest BCUT2D eigenvalue weighted by molar-refractivity contribution is 0.330. The number of halogens is 1. The van der Waals surface area contributed by atoms with E-state index in [1.807, 2.05) is 13.3 Å². The molecule has 0 aliphatic rings. The van der Waals surface area contributed by atoms with Crippen molar-refractivity contribution in [3.05, 3.63) is 30.1 Å². The fourth-order valence-corrected chi connectivity index (χ4v) is 0.907. The molecule has 1 aromatic rings. The van der Waals surface area contributed by atoms with Gasteiger partial charge in [0.15, 0.2) is 0 Å². The van der Waals surface area contributed by atoms with Crippen LogP contribution in [0.4, 0.5) is 4.39 Å². The van der Waals surface area contributed by atoms with Crippen molar-refractivity contribution in [1.82, 2.24) is 4.98 Å². The Kier molecular flexibility index (Phi) is 3.64. The average molecular weight is 183 g/mol. The zero-order chi connectivity index (χ0) is 9.68. The number of aromatic nitrogens is 1. The molecule has 0 saturated carbocycles. The molecule has 4 heteroatoms. The SMILES string of the molecule is C[CH]COc1ncc(F)cc1CN. The average Bonchev–Trinajstić information content (AvgIpc) is 2.16. The van der Waals surface area contributed by atoms with E-state index < -0.39 is 5.82 Å². The molecule has 0 atom stereocenters. The lowest BCUT2D eigenvalue weighted by Gasteiger charge is -2.07. The van der Waals surface area contributed by atoms with Gasteiger partial charge in [0.2, 0.25) is 5.88 Å². The van der Waals surface area contributed by atoms with E-state index in [1.165, 1.54) is 6.07 Å². The maximum absolute atomic E-state index is 12.7. The smallest absolute Gasteiger partial charge is 0.218 e. The Morgan fingerprint density at radius 2 is 2.46 bits per heavy atom. The van der Waals surface area contributed by atoms with Gasteiger partial charge in [-0.2, -0.15) is 0 Å². The Bertz CT molecular complexity index is 278. The lowest BCUT2D eigenvalue weighted by Crippen LogP contribution is -2.05. The van der Waals surface area contributed by atoms with Gasteiger partial charge in [-0.15, -0.1) is 0 Å². The molecule has 1 heterocycles. The fourth-order valence-electron chi connectivity index (χ4n) is 0.907. The largest absolute Gasteiger partial charge is 0.477 e. The van der Waals surface area contributed by atoms with Crippen LogP contribution in [0.2, 0.25) is 0 Å². The highest BCUT2D eigenvalue weighted by Gasteiger charge is 2.04. The maximum atomic E-state index is 12.7. The Balaban J connectivity index is 2.79. The first kappa shape index (κ1) is 9.92. The zero-order valence-electron chi connectivity index (χ0n) is 7.46. The standard InChI is InChI=1S/C9H12FN2O/c1-2-3-13-9-7(5-11)4-8(10)6-12-9/h2,4,6H,3,5,11H2,1H3. The van der Waals surface area contributed by atoms with Crippen molar-refractivity contribution in [3.8, 4) is 5.88 Å². The van der Waals surface area contributed by atoms with E-state index in [-0.39, 0.29) is 6.54 Å². The fraction of sp³-hybridized carbons (Fsp3) is 0.333. The van der Waals surface area contributed by atoms with Crippen molar-refractivity contribution in [2.75, 3.05) is 6.61 Å². The van der Waals surface area contributed by atoms with Crippen molar-refractivity contribution >= 4 is 0 Å². The van der Waals surface area contributed by atoms with Gasteiger partial charge in [0.05, 0.1) is 12.8 Å². The summed E-state index contributed by atoms with van der Waals surface area (Å²) in [6.45, 7) is 2.54. The molecule has 1 radical (unpaired) electrons. The Morgan fingerprint density at radius 1 is 1.69 bits per heavy atom. The van der Waals surface area contributed by atoms with Crippen LogP contribution in [0.15, 0.2) is 12.3 Å². The van der Waals surface area contributed by atoms with Crippen LogP contribution in [-0.2, 0) is 6.54 Å². The molecule has 13 heavy (non-hydrogen) atoms. The summed E-state index contributed by atoms with van der Waals surface area (Å²) < 4.78 is 17.9. The molecule has 2 N–H and O–H groups in total. The van der Waals surface area contributed by atoms with E-state index in [1.54, 1.807) is 0 Å². The van der Waals surface area contributed by atoms with Gasteiger partial charge in [0.1, 0.15) is 5.82 Å². The molecule has 0 aliphatic heterocycles. The van der Waals surface area contributed by atoms with Crippen LogP contribution in [0.3, 0.4) is 0 Å². The molecule has 0 aromatic carbocycles. The van der Waals surface area contributed by atoms with Gasteiger partial charge >= 0.3 is 0 Å². The summed E-state index contributed by atoms with van der Waals surface area (Å²) >= 11 is 0. The van der Waals surface area contributed by atoms with Crippen molar-refractivity contribution < 1.29 is 9.13 Å². The summed E-state index contributed by atoms with van der Waals surface area (Å²) in [6, 6.07) is 1.33. The maximum Gasteiger partial charge on any atom is 0.218 e. The monoisotopic (exact) mass is 183 g/mol. The third-order valence-corrected chi connectivity index (χ3v) is 1.50. The highest BCUT2D eigenvalue weighted by atomic mass is 19.1. The number of ether oxygens (including phenoxy) is 1. The summed E-state index contributed by atoms with van der Waals surface area (Å²) in [5.41, 5.74) is 5.98. The van der Waals surface area contributed by atoms with Gasteiger partial charge < -0.3 is 10.5 Å². The van der Waals surface area contributed by atoms with Crippen molar-refractivity contribution in [1.29, 1.82) is 0 Å². The normalized spacial score (nSPS) is 10.1. The second kappa shape index (κ2) is 4.77. The van der Waals surface area contributed by atoms with Crippen molar-refractivity contribution in [2.45, 2.75) is 13.5 Å². The molecule has 0 bridgehead atoms. The van der Waals surface area contributed by atoms with E-state index in [4.69, 9.17) is 10.5 Å². The highest BCUT2D eigenvalue weighted by molar-refractivity contribution is 5.25. The molecule has 3 nitrogen and oxygen atoms in total. The molecule has 0 saturated heterocycles. The Morgan fingerprint density at radius 3 is 3.08 bits per heavy atom. The molecule has 71 valence electrons. The minimum atomic E-state index is -0.395. The molecule has 0 amide bonds. The van der Waals surface area contributed by atoms with Gasteiger partial charge in [-0.1, -0.05) is 6.92 Å². The lowest BCUT2D eigenvalue weighted by atomic mass is 10.2. The number of hydrogen-bond acceptors (Lipinski definition) is 3. The minimum Gasteiger partial charge on any atom is -0.477 e. The van der Waals surface area contributed by atoms with Gasteiger partial charge in [0, 0.05) is 12.1 Å². The molecule has 1 aromatic heterocycles. The summed E-state index contributed by atoms with van der Waals surface area (Å²) in [7, 11) is 0. The van der Waals surface area contributed by atoms with Crippen LogP contribution in [0.1, 0.15) is 12.5 Å². The van der Waals surface area contributed by atoms with Crippen molar-refractivity contribution in [2.24, 2.45) is 5.73 Å². The van der Waals surface area contributed by atoms with Crippen LogP contribution in [0.25, 0.3) is 0 Å². The molecule has 1 rings (SSSR count). The van der Waals surface area contributed by atoms with Crippen LogP contribution < -0.4 is 10.5 Å². The van der Waals surface area contributed by atoms with Crippen molar-refractivity contribution in [3.63, 3.8) is 0 Å².